The molecule has 2 aromatic carbocycles. The van der Waals surface area contributed by atoms with E-state index in [1.165, 1.54) is 28.8 Å². The van der Waals surface area contributed by atoms with Gasteiger partial charge in [-0.1, -0.05) is 35.3 Å². The minimum Gasteiger partial charge on any atom is -0.457 e. The summed E-state index contributed by atoms with van der Waals surface area (Å²) in [6, 6.07) is 13.1. The van der Waals surface area contributed by atoms with Crippen molar-refractivity contribution in [2.75, 3.05) is 31.1 Å². The maximum atomic E-state index is 13.1. The summed E-state index contributed by atoms with van der Waals surface area (Å²) in [7, 11) is -3.83. The lowest BCUT2D eigenvalue weighted by atomic mass is 10.1. The van der Waals surface area contributed by atoms with Gasteiger partial charge in [0.05, 0.1) is 16.3 Å². The number of sulfonamides is 1. The molecule has 1 aliphatic rings. The molecule has 10 heteroatoms. The second kappa shape index (κ2) is 9.15. The molecule has 3 aromatic rings. The van der Waals surface area contributed by atoms with Crippen molar-refractivity contribution in [2.24, 2.45) is 0 Å². The van der Waals surface area contributed by atoms with Gasteiger partial charge in [0.15, 0.2) is 0 Å². The molecule has 7 nitrogen and oxygen atoms in total. The molecule has 0 bridgehead atoms. The van der Waals surface area contributed by atoms with Crippen LogP contribution in [0, 0.1) is 6.92 Å². The molecule has 0 amide bonds. The molecule has 1 saturated heterocycles. The van der Waals surface area contributed by atoms with E-state index in [1.54, 1.807) is 24.3 Å². The molecule has 2 heterocycles. The third-order valence-electron chi connectivity index (χ3n) is 5.21. The van der Waals surface area contributed by atoms with E-state index in [-0.39, 0.29) is 33.8 Å². The monoisotopic (exact) mass is 494 g/mol. The topological polar surface area (TPSA) is 80.1 Å². The first kappa shape index (κ1) is 22.7. The van der Waals surface area contributed by atoms with Gasteiger partial charge in [0.1, 0.15) is 10.6 Å². The number of nitrogens with zero attached hydrogens (tertiary/aromatic N) is 2. The number of furan rings is 1. The maximum Gasteiger partial charge on any atom is 0.379 e. The lowest BCUT2D eigenvalue weighted by Crippen LogP contribution is -2.49. The fraction of sp³-hybridized carbons (Fsp3) is 0.227. The molecule has 0 N–H and O–H groups in total. The first-order valence-electron chi connectivity index (χ1n) is 9.83. The second-order valence-electron chi connectivity index (χ2n) is 7.26. The first-order chi connectivity index (χ1) is 15.3. The molecule has 0 radical (unpaired) electrons. The van der Waals surface area contributed by atoms with Crippen molar-refractivity contribution < 1.29 is 22.4 Å². The Kier molecular flexibility index (Phi) is 6.48. The van der Waals surface area contributed by atoms with Gasteiger partial charge in [0.25, 0.3) is 0 Å². The summed E-state index contributed by atoms with van der Waals surface area (Å²) in [5.74, 6) is -0.0913. The summed E-state index contributed by atoms with van der Waals surface area (Å²) >= 11 is 12.3. The molecule has 0 spiro atoms. The van der Waals surface area contributed by atoms with Gasteiger partial charge in [-0.25, -0.2) is 13.2 Å². The lowest BCUT2D eigenvalue weighted by molar-refractivity contribution is 0.0701. The molecular formula is C22H20Cl2N2O5S. The number of aryl methyl sites for hydroxylation is 1. The molecule has 1 aliphatic heterocycles. The van der Waals surface area contributed by atoms with Crippen LogP contribution in [-0.4, -0.2) is 44.9 Å². The number of anilines is 1. The Hall–Kier alpha value is -2.52. The van der Waals surface area contributed by atoms with Gasteiger partial charge in [0, 0.05) is 37.9 Å². The second-order valence-corrected chi connectivity index (χ2v) is 9.95. The van der Waals surface area contributed by atoms with Crippen molar-refractivity contribution in [1.29, 1.82) is 0 Å². The fourth-order valence-corrected chi connectivity index (χ4v) is 6.09. The predicted molar refractivity (Wildman–Crippen MR) is 122 cm³/mol. The molecule has 1 fully saturated rings. The van der Waals surface area contributed by atoms with E-state index in [0.717, 1.165) is 11.3 Å². The molecule has 32 heavy (non-hydrogen) atoms. The van der Waals surface area contributed by atoms with Gasteiger partial charge in [-0.05, 0) is 42.8 Å². The minimum atomic E-state index is -3.83. The van der Waals surface area contributed by atoms with E-state index in [1.807, 2.05) is 13.0 Å². The van der Waals surface area contributed by atoms with Crippen LogP contribution < -0.4 is 9.64 Å². The Morgan fingerprint density at radius 2 is 1.69 bits per heavy atom. The van der Waals surface area contributed by atoms with Crippen LogP contribution in [0.15, 0.2) is 64.1 Å². The van der Waals surface area contributed by atoms with Crippen molar-refractivity contribution in [3.05, 3.63) is 76.2 Å². The van der Waals surface area contributed by atoms with E-state index >= 15 is 0 Å². The summed E-state index contributed by atoms with van der Waals surface area (Å²) in [4.78, 5) is 14.2. The maximum absolute atomic E-state index is 13.1. The van der Waals surface area contributed by atoms with Crippen LogP contribution in [0.5, 0.6) is 5.75 Å². The predicted octanol–water partition coefficient (Wildman–Crippen LogP) is 4.62. The number of piperazine rings is 1. The van der Waals surface area contributed by atoms with E-state index in [9.17, 15) is 13.2 Å². The van der Waals surface area contributed by atoms with Crippen LogP contribution in [0.25, 0.3) is 0 Å². The Morgan fingerprint density at radius 3 is 2.31 bits per heavy atom. The Morgan fingerprint density at radius 1 is 1.00 bits per heavy atom. The van der Waals surface area contributed by atoms with Crippen LogP contribution in [0.2, 0.25) is 10.0 Å². The van der Waals surface area contributed by atoms with Crippen LogP contribution in [0.3, 0.4) is 0 Å². The van der Waals surface area contributed by atoms with Crippen LogP contribution in [-0.2, 0) is 10.0 Å². The average Bonchev–Trinajstić information content (AvgIpc) is 3.30. The highest BCUT2D eigenvalue weighted by atomic mass is 35.5. The average molecular weight is 495 g/mol. The lowest BCUT2D eigenvalue weighted by Gasteiger charge is -2.36. The van der Waals surface area contributed by atoms with Crippen molar-refractivity contribution in [2.45, 2.75) is 11.8 Å². The molecule has 0 atom stereocenters. The zero-order chi connectivity index (χ0) is 22.9. The highest BCUT2D eigenvalue weighted by Crippen LogP contribution is 2.33. The number of hydrogen-bond acceptors (Lipinski definition) is 6. The summed E-state index contributed by atoms with van der Waals surface area (Å²) in [6.45, 7) is 3.38. The number of ether oxygens (including phenoxy) is 1. The van der Waals surface area contributed by atoms with Crippen LogP contribution in [0.1, 0.15) is 16.1 Å². The summed E-state index contributed by atoms with van der Waals surface area (Å²) in [5, 5.41) is 0.198. The molecular weight excluding hydrogens is 475 g/mol. The van der Waals surface area contributed by atoms with Gasteiger partial charge in [-0.3, -0.25) is 0 Å². The summed E-state index contributed by atoms with van der Waals surface area (Å²) in [5.41, 5.74) is 1.84. The van der Waals surface area contributed by atoms with Crippen LogP contribution in [0.4, 0.5) is 5.69 Å². The van der Waals surface area contributed by atoms with E-state index < -0.39 is 16.0 Å². The van der Waals surface area contributed by atoms with Gasteiger partial charge in [-0.15, -0.1) is 0 Å². The third kappa shape index (κ3) is 4.49. The smallest absolute Gasteiger partial charge is 0.379 e. The number of hydrogen-bond donors (Lipinski definition) is 0. The summed E-state index contributed by atoms with van der Waals surface area (Å²) < 4.78 is 38.1. The van der Waals surface area contributed by atoms with Crippen molar-refractivity contribution in [1.82, 2.24) is 4.31 Å². The number of halogens is 2. The summed E-state index contributed by atoms with van der Waals surface area (Å²) in [6.07, 6.45) is 1.40. The number of benzene rings is 2. The Labute approximate surface area is 196 Å². The highest BCUT2D eigenvalue weighted by Gasteiger charge is 2.32. The van der Waals surface area contributed by atoms with E-state index in [4.69, 9.17) is 32.4 Å². The van der Waals surface area contributed by atoms with Crippen molar-refractivity contribution >= 4 is 44.9 Å². The SMILES string of the molecule is Cc1ccc(OC(=O)c2ccco2)cc1N1CCN(S(=O)(=O)c2c(Cl)cccc2Cl)CC1. The number of carbonyl (C=O) groups is 1. The van der Waals surface area contributed by atoms with E-state index in [0.29, 0.717) is 18.8 Å². The van der Waals surface area contributed by atoms with Gasteiger partial charge in [-0.2, -0.15) is 4.31 Å². The highest BCUT2D eigenvalue weighted by molar-refractivity contribution is 7.89. The molecule has 168 valence electrons. The Balaban J connectivity index is 1.49. The van der Waals surface area contributed by atoms with Crippen molar-refractivity contribution in [3.8, 4) is 5.75 Å². The van der Waals surface area contributed by atoms with Crippen molar-refractivity contribution in [3.63, 3.8) is 0 Å². The molecule has 0 aliphatic carbocycles. The van der Waals surface area contributed by atoms with Gasteiger partial charge < -0.3 is 14.1 Å². The zero-order valence-electron chi connectivity index (χ0n) is 17.1. The number of rotatable bonds is 5. The largest absolute Gasteiger partial charge is 0.457 e. The van der Waals surface area contributed by atoms with Gasteiger partial charge >= 0.3 is 5.97 Å². The van der Waals surface area contributed by atoms with Crippen LogP contribution >= 0.6 is 23.2 Å². The molecule has 0 saturated carbocycles. The quantitative estimate of drug-likeness (QED) is 0.380. The zero-order valence-corrected chi connectivity index (χ0v) is 19.5. The third-order valence-corrected chi connectivity index (χ3v) is 8.06. The standard InChI is InChI=1S/C22H20Cl2N2O5S/c1-15-7-8-16(31-22(27)20-6-3-13-30-20)14-19(15)25-9-11-26(12-10-25)32(28,29)21-17(23)4-2-5-18(21)24/h2-8,13-14H,9-12H2,1H3. The fourth-order valence-electron chi connectivity index (χ4n) is 3.57. The molecule has 0 unspecified atom stereocenters. The molecule has 1 aromatic heterocycles. The Bertz CT molecular complexity index is 1220. The number of carbonyl (C=O) groups excluding carboxylic acids is 1. The normalized spacial score (nSPS) is 15.0. The van der Waals surface area contributed by atoms with E-state index in [2.05, 4.69) is 4.90 Å². The van der Waals surface area contributed by atoms with Gasteiger partial charge in [0.2, 0.25) is 15.8 Å². The molecule has 4 rings (SSSR count). The number of esters is 1. The first-order valence-corrected chi connectivity index (χ1v) is 12.0. The minimum absolute atomic E-state index is 0.0696.